The summed E-state index contributed by atoms with van der Waals surface area (Å²) in [5, 5.41) is 9.02. The Bertz CT molecular complexity index is 565. The molecule has 0 aromatic heterocycles. The number of ether oxygens (including phenoxy) is 1. The largest absolute Gasteiger partial charge is 0.487 e. The molecule has 0 atom stereocenters. The molecule has 1 heterocycles. The van der Waals surface area contributed by atoms with Gasteiger partial charge < -0.3 is 14.7 Å². The van der Waals surface area contributed by atoms with Gasteiger partial charge in [0, 0.05) is 24.7 Å². The Morgan fingerprint density at radius 1 is 1.33 bits per heavy atom. The number of rotatable bonds is 5. The van der Waals surface area contributed by atoms with Gasteiger partial charge in [-0.05, 0) is 37.8 Å². The summed E-state index contributed by atoms with van der Waals surface area (Å²) in [5.74, 6) is -0.0511. The minimum atomic E-state index is -0.833. The summed E-state index contributed by atoms with van der Waals surface area (Å²) in [5.41, 5.74) is 0.263. The van der Waals surface area contributed by atoms with Gasteiger partial charge in [-0.3, -0.25) is 9.59 Å². The topological polar surface area (TPSA) is 66.8 Å². The van der Waals surface area contributed by atoms with E-state index in [-0.39, 0.29) is 12.3 Å². The minimum Gasteiger partial charge on any atom is -0.487 e. The van der Waals surface area contributed by atoms with E-state index in [1.165, 1.54) is 0 Å². The number of carboxylic acid groups (broad SMARTS) is 1. The maximum atomic E-state index is 11.8. The molecule has 1 saturated carbocycles. The first kappa shape index (κ1) is 13.9. The zero-order valence-corrected chi connectivity index (χ0v) is 11.9. The second-order valence-electron chi connectivity index (χ2n) is 5.86. The van der Waals surface area contributed by atoms with Gasteiger partial charge in [0.05, 0.1) is 6.42 Å². The molecular weight excluding hydrogens is 270 g/mol. The van der Waals surface area contributed by atoms with Crippen molar-refractivity contribution >= 4 is 17.6 Å². The van der Waals surface area contributed by atoms with Gasteiger partial charge in [-0.2, -0.15) is 0 Å². The van der Waals surface area contributed by atoms with Gasteiger partial charge in [0.2, 0.25) is 5.91 Å². The fraction of sp³-hybridized carbons (Fsp3) is 0.500. The monoisotopic (exact) mass is 289 g/mol. The van der Waals surface area contributed by atoms with Crippen LogP contribution in [0.15, 0.2) is 24.3 Å². The molecule has 1 saturated heterocycles. The molecule has 0 unspecified atom stereocenters. The van der Waals surface area contributed by atoms with Crippen molar-refractivity contribution in [3.8, 4) is 5.75 Å². The fourth-order valence-corrected chi connectivity index (χ4v) is 3.05. The third-order valence-corrected chi connectivity index (χ3v) is 4.28. The molecule has 0 spiro atoms. The van der Waals surface area contributed by atoms with Crippen LogP contribution in [-0.2, 0) is 9.59 Å². The molecule has 5 nitrogen and oxygen atoms in total. The van der Waals surface area contributed by atoms with E-state index in [1.54, 1.807) is 4.90 Å². The molecule has 2 aliphatic rings. The van der Waals surface area contributed by atoms with E-state index in [0.717, 1.165) is 37.9 Å². The number of benzene rings is 1. The zero-order valence-electron chi connectivity index (χ0n) is 11.9. The van der Waals surface area contributed by atoms with Crippen molar-refractivity contribution in [1.82, 2.24) is 0 Å². The van der Waals surface area contributed by atoms with Crippen LogP contribution in [0.3, 0.4) is 0 Å². The van der Waals surface area contributed by atoms with Crippen LogP contribution < -0.4 is 9.64 Å². The first-order chi connectivity index (χ1) is 10.1. The quantitative estimate of drug-likeness (QED) is 0.904. The van der Waals surface area contributed by atoms with Crippen molar-refractivity contribution in [2.45, 2.75) is 44.1 Å². The van der Waals surface area contributed by atoms with Crippen molar-refractivity contribution in [2.24, 2.45) is 0 Å². The molecule has 1 aliphatic heterocycles. The lowest BCUT2D eigenvalue weighted by molar-refractivity contribution is -0.144. The van der Waals surface area contributed by atoms with Gasteiger partial charge in [-0.1, -0.05) is 6.07 Å². The number of anilines is 1. The Labute approximate surface area is 123 Å². The maximum Gasteiger partial charge on any atom is 0.307 e. The minimum absolute atomic E-state index is 0.0277. The van der Waals surface area contributed by atoms with Gasteiger partial charge >= 0.3 is 5.97 Å². The molecular formula is C16H19NO4. The highest BCUT2D eigenvalue weighted by Crippen LogP contribution is 2.40. The Morgan fingerprint density at radius 3 is 2.71 bits per heavy atom. The van der Waals surface area contributed by atoms with Gasteiger partial charge in [0.15, 0.2) is 0 Å². The van der Waals surface area contributed by atoms with Gasteiger partial charge in [-0.15, -0.1) is 0 Å². The second kappa shape index (κ2) is 5.39. The number of hydrogen-bond donors (Lipinski definition) is 1. The summed E-state index contributed by atoms with van der Waals surface area (Å²) in [6.45, 7) is 0.739. The van der Waals surface area contributed by atoms with E-state index < -0.39 is 11.6 Å². The van der Waals surface area contributed by atoms with Crippen molar-refractivity contribution < 1.29 is 19.4 Å². The van der Waals surface area contributed by atoms with E-state index in [1.807, 2.05) is 24.3 Å². The second-order valence-corrected chi connectivity index (χ2v) is 5.86. The molecule has 5 heteroatoms. The van der Waals surface area contributed by atoms with E-state index in [0.29, 0.717) is 12.2 Å². The summed E-state index contributed by atoms with van der Waals surface area (Å²) in [6, 6.07) is 7.40. The summed E-state index contributed by atoms with van der Waals surface area (Å²) >= 11 is 0. The highest BCUT2D eigenvalue weighted by Gasteiger charge is 2.41. The number of carbonyl (C=O) groups is 2. The van der Waals surface area contributed by atoms with Crippen molar-refractivity contribution in [3.05, 3.63) is 24.3 Å². The maximum absolute atomic E-state index is 11.8. The number of aliphatic carboxylic acids is 1. The van der Waals surface area contributed by atoms with Gasteiger partial charge in [0.1, 0.15) is 11.4 Å². The first-order valence-corrected chi connectivity index (χ1v) is 7.39. The Hall–Kier alpha value is -2.04. The number of hydrogen-bond acceptors (Lipinski definition) is 3. The van der Waals surface area contributed by atoms with Gasteiger partial charge in [-0.25, -0.2) is 0 Å². The summed E-state index contributed by atoms with van der Waals surface area (Å²) in [7, 11) is 0. The van der Waals surface area contributed by atoms with Crippen molar-refractivity contribution in [3.63, 3.8) is 0 Å². The molecule has 112 valence electrons. The third kappa shape index (κ3) is 2.86. The van der Waals surface area contributed by atoms with Crippen molar-refractivity contribution in [2.75, 3.05) is 11.4 Å². The average Bonchev–Trinajstić information content (AvgIpc) is 2.82. The molecule has 3 rings (SSSR count). The first-order valence-electron chi connectivity index (χ1n) is 7.39. The molecule has 1 aromatic rings. The SMILES string of the molecule is O=C(O)CC1(Oc2cccc(N3CCCC3=O)c2)CCC1. The molecule has 0 bridgehead atoms. The molecule has 2 fully saturated rings. The van der Waals surface area contributed by atoms with E-state index >= 15 is 0 Å². The van der Waals surface area contributed by atoms with E-state index in [4.69, 9.17) is 9.84 Å². The number of carboxylic acids is 1. The summed E-state index contributed by atoms with van der Waals surface area (Å²) < 4.78 is 5.97. The molecule has 1 aliphatic carbocycles. The van der Waals surface area contributed by atoms with E-state index in [2.05, 4.69) is 0 Å². The van der Waals surface area contributed by atoms with Crippen LogP contribution in [0.2, 0.25) is 0 Å². The lowest BCUT2D eigenvalue weighted by atomic mass is 9.77. The van der Waals surface area contributed by atoms with Crippen molar-refractivity contribution in [1.29, 1.82) is 0 Å². The van der Waals surface area contributed by atoms with Crippen LogP contribution >= 0.6 is 0 Å². The van der Waals surface area contributed by atoms with E-state index in [9.17, 15) is 9.59 Å². The highest BCUT2D eigenvalue weighted by molar-refractivity contribution is 5.95. The Kier molecular flexibility index (Phi) is 3.57. The highest BCUT2D eigenvalue weighted by atomic mass is 16.5. The third-order valence-electron chi connectivity index (χ3n) is 4.28. The van der Waals surface area contributed by atoms with Crippen LogP contribution in [0.5, 0.6) is 5.75 Å². The normalized spacial score (nSPS) is 20.2. The predicted molar refractivity (Wildman–Crippen MR) is 77.5 cm³/mol. The molecule has 21 heavy (non-hydrogen) atoms. The number of amides is 1. The Morgan fingerprint density at radius 2 is 2.14 bits per heavy atom. The number of nitrogens with zero attached hydrogens (tertiary/aromatic N) is 1. The summed E-state index contributed by atoms with van der Waals surface area (Å²) in [6.07, 6.45) is 4.04. The lowest BCUT2D eigenvalue weighted by Crippen LogP contribution is -2.45. The standard InChI is InChI=1S/C16H19NO4/c18-14-6-2-9-17(14)12-4-1-5-13(10-12)21-16(7-3-8-16)11-15(19)20/h1,4-5,10H,2-3,6-9,11H2,(H,19,20). The fourth-order valence-electron chi connectivity index (χ4n) is 3.05. The van der Waals surface area contributed by atoms with Crippen LogP contribution in [0.25, 0.3) is 0 Å². The average molecular weight is 289 g/mol. The molecule has 1 aromatic carbocycles. The smallest absolute Gasteiger partial charge is 0.307 e. The number of carbonyl (C=O) groups excluding carboxylic acids is 1. The Balaban J connectivity index is 1.76. The molecule has 1 N–H and O–H groups in total. The van der Waals surface area contributed by atoms with Crippen LogP contribution in [-0.4, -0.2) is 29.1 Å². The van der Waals surface area contributed by atoms with Crippen LogP contribution in [0.1, 0.15) is 38.5 Å². The summed E-state index contributed by atoms with van der Waals surface area (Å²) in [4.78, 5) is 24.5. The molecule has 0 radical (unpaired) electrons. The molecule has 1 amide bonds. The van der Waals surface area contributed by atoms with Crippen LogP contribution in [0.4, 0.5) is 5.69 Å². The zero-order chi connectivity index (χ0) is 14.9. The predicted octanol–water partition coefficient (Wildman–Crippen LogP) is 2.59. The van der Waals surface area contributed by atoms with Crippen LogP contribution in [0, 0.1) is 0 Å². The lowest BCUT2D eigenvalue weighted by Gasteiger charge is -2.41. The van der Waals surface area contributed by atoms with Gasteiger partial charge in [0.25, 0.3) is 0 Å².